The summed E-state index contributed by atoms with van der Waals surface area (Å²) in [5.74, 6) is -2.83. The van der Waals surface area contributed by atoms with Crippen LogP contribution in [0.2, 0.25) is 0 Å². The van der Waals surface area contributed by atoms with Gasteiger partial charge in [0.1, 0.15) is 6.61 Å². The fourth-order valence-electron chi connectivity index (χ4n) is 1.58. The zero-order valence-electron chi connectivity index (χ0n) is 7.26. The Morgan fingerprint density at radius 1 is 1.38 bits per heavy atom. The third kappa shape index (κ3) is 1.33. The van der Waals surface area contributed by atoms with E-state index in [2.05, 4.69) is 0 Å². The van der Waals surface area contributed by atoms with Crippen molar-refractivity contribution in [2.24, 2.45) is 0 Å². The van der Waals surface area contributed by atoms with Crippen LogP contribution in [0, 0.1) is 0 Å². The molecule has 1 heterocycles. The molecule has 70 valence electrons. The topological polar surface area (TPSA) is 9.23 Å². The number of fused-ring (bicyclic) bond motifs is 1. The third-order valence-corrected chi connectivity index (χ3v) is 2.31. The molecule has 3 heteroatoms. The fraction of sp³-hybridized carbons (Fsp3) is 0.400. The van der Waals surface area contributed by atoms with Crippen LogP contribution >= 0.6 is 0 Å². The number of hydrogen-bond acceptors (Lipinski definition) is 1. The second-order valence-electron chi connectivity index (χ2n) is 3.24. The molecule has 0 N–H and O–H groups in total. The maximum Gasteiger partial charge on any atom is 0.296 e. The van der Waals surface area contributed by atoms with Gasteiger partial charge in [-0.05, 0) is 12.5 Å². The highest BCUT2D eigenvalue weighted by Crippen LogP contribution is 2.39. The van der Waals surface area contributed by atoms with Gasteiger partial charge in [0.2, 0.25) is 0 Å². The van der Waals surface area contributed by atoms with E-state index in [4.69, 9.17) is 4.74 Å². The minimum Gasteiger partial charge on any atom is -0.367 e. The van der Waals surface area contributed by atoms with Crippen molar-refractivity contribution in [3.63, 3.8) is 0 Å². The highest BCUT2D eigenvalue weighted by atomic mass is 19.3. The molecule has 2 rings (SSSR count). The van der Waals surface area contributed by atoms with Gasteiger partial charge in [0.25, 0.3) is 5.92 Å². The molecule has 0 saturated heterocycles. The Morgan fingerprint density at radius 3 is 2.77 bits per heavy atom. The van der Waals surface area contributed by atoms with Crippen LogP contribution < -0.4 is 0 Å². The van der Waals surface area contributed by atoms with Gasteiger partial charge in [-0.15, -0.1) is 0 Å². The molecule has 0 saturated carbocycles. The number of rotatable bonds is 0. The monoisotopic (exact) mass is 184 g/mol. The summed E-state index contributed by atoms with van der Waals surface area (Å²) in [6, 6.07) is 6.53. The summed E-state index contributed by atoms with van der Waals surface area (Å²) in [6.07, 6.45) is -0.226. The Hall–Kier alpha value is -0.960. The average Bonchev–Trinajstić information content (AvgIpc) is 2.13. The Bertz CT molecular complexity index is 322. The molecule has 0 aromatic heterocycles. The van der Waals surface area contributed by atoms with Crippen molar-refractivity contribution in [1.29, 1.82) is 0 Å². The van der Waals surface area contributed by atoms with Gasteiger partial charge in [-0.25, -0.2) is 0 Å². The minimum atomic E-state index is -2.83. The van der Waals surface area contributed by atoms with Crippen LogP contribution in [0.4, 0.5) is 8.78 Å². The van der Waals surface area contributed by atoms with Crippen LogP contribution in [0.25, 0.3) is 0 Å². The zero-order valence-corrected chi connectivity index (χ0v) is 7.26. The number of alkyl halides is 2. The van der Waals surface area contributed by atoms with E-state index in [0.717, 1.165) is 0 Å². The molecule has 1 nitrogen and oxygen atoms in total. The van der Waals surface area contributed by atoms with E-state index in [0.29, 0.717) is 5.56 Å². The lowest BCUT2D eigenvalue weighted by atomic mass is 9.96. The zero-order chi connectivity index (χ0) is 9.47. The quantitative estimate of drug-likeness (QED) is 0.602. The van der Waals surface area contributed by atoms with Crippen LogP contribution in [-0.2, 0) is 10.7 Å². The van der Waals surface area contributed by atoms with Gasteiger partial charge in [0.15, 0.2) is 0 Å². The van der Waals surface area contributed by atoms with Crippen LogP contribution in [0.3, 0.4) is 0 Å². The van der Waals surface area contributed by atoms with E-state index in [-0.39, 0.29) is 11.7 Å². The molecule has 13 heavy (non-hydrogen) atoms. The van der Waals surface area contributed by atoms with Crippen molar-refractivity contribution in [2.45, 2.75) is 19.0 Å². The molecular formula is C10H10F2O. The summed E-state index contributed by atoms with van der Waals surface area (Å²) in [5.41, 5.74) is 0.701. The van der Waals surface area contributed by atoms with Gasteiger partial charge in [-0.3, -0.25) is 0 Å². The molecule has 1 atom stereocenters. The van der Waals surface area contributed by atoms with Gasteiger partial charge in [-0.1, -0.05) is 24.3 Å². The van der Waals surface area contributed by atoms with E-state index in [1.807, 2.05) is 0 Å². The molecule has 0 aliphatic carbocycles. The number of benzene rings is 1. The van der Waals surface area contributed by atoms with Crippen molar-refractivity contribution in [3.8, 4) is 0 Å². The first-order chi connectivity index (χ1) is 6.11. The summed E-state index contributed by atoms with van der Waals surface area (Å²) in [5, 5.41) is 0. The summed E-state index contributed by atoms with van der Waals surface area (Å²) in [6.45, 7) is 1.28. The lowest BCUT2D eigenvalue weighted by Gasteiger charge is -2.29. The minimum absolute atomic E-state index is 0.105. The molecule has 1 unspecified atom stereocenters. The molecule has 1 aliphatic heterocycles. The highest BCUT2D eigenvalue weighted by molar-refractivity contribution is 5.34. The molecule has 0 fully saturated rings. The van der Waals surface area contributed by atoms with E-state index in [9.17, 15) is 8.78 Å². The first-order valence-corrected chi connectivity index (χ1v) is 4.20. The second kappa shape index (κ2) is 2.77. The van der Waals surface area contributed by atoms with Gasteiger partial charge in [0.05, 0.1) is 6.10 Å². The van der Waals surface area contributed by atoms with Gasteiger partial charge < -0.3 is 4.74 Å². The Balaban J connectivity index is 2.55. The Morgan fingerprint density at radius 2 is 2.08 bits per heavy atom. The van der Waals surface area contributed by atoms with E-state index < -0.39 is 12.5 Å². The predicted molar refractivity (Wildman–Crippen MR) is 44.7 cm³/mol. The van der Waals surface area contributed by atoms with Gasteiger partial charge in [0, 0.05) is 5.56 Å². The second-order valence-corrected chi connectivity index (χ2v) is 3.24. The van der Waals surface area contributed by atoms with E-state index >= 15 is 0 Å². The molecule has 0 bridgehead atoms. The Kier molecular flexibility index (Phi) is 1.84. The summed E-state index contributed by atoms with van der Waals surface area (Å²) in [4.78, 5) is 0. The van der Waals surface area contributed by atoms with Crippen molar-refractivity contribution in [2.75, 3.05) is 6.61 Å². The smallest absolute Gasteiger partial charge is 0.296 e. The SMILES string of the molecule is CC1OCC(F)(F)c2ccccc21. The first kappa shape index (κ1) is 8.63. The van der Waals surface area contributed by atoms with Crippen LogP contribution in [0.1, 0.15) is 24.2 Å². The standard InChI is InChI=1S/C10H10F2O/c1-7-8-4-2-3-5-9(8)10(11,12)6-13-7/h2-5,7H,6H2,1H3. The van der Waals surface area contributed by atoms with Crippen molar-refractivity contribution >= 4 is 0 Å². The van der Waals surface area contributed by atoms with Gasteiger partial charge >= 0.3 is 0 Å². The normalized spacial score (nSPS) is 25.3. The van der Waals surface area contributed by atoms with Crippen molar-refractivity contribution in [1.82, 2.24) is 0 Å². The van der Waals surface area contributed by atoms with E-state index in [1.165, 1.54) is 6.07 Å². The third-order valence-electron chi connectivity index (χ3n) is 2.31. The lowest BCUT2D eigenvalue weighted by Crippen LogP contribution is -2.29. The molecular weight excluding hydrogens is 174 g/mol. The summed E-state index contributed by atoms with van der Waals surface area (Å²) >= 11 is 0. The van der Waals surface area contributed by atoms with Crippen molar-refractivity contribution < 1.29 is 13.5 Å². The van der Waals surface area contributed by atoms with Crippen LogP contribution in [0.15, 0.2) is 24.3 Å². The Labute approximate surface area is 75.3 Å². The predicted octanol–water partition coefficient (Wildman–Crippen LogP) is 2.87. The lowest BCUT2D eigenvalue weighted by molar-refractivity contribution is -0.120. The number of halogens is 2. The van der Waals surface area contributed by atoms with Crippen LogP contribution in [0.5, 0.6) is 0 Å². The van der Waals surface area contributed by atoms with Gasteiger partial charge in [-0.2, -0.15) is 8.78 Å². The average molecular weight is 184 g/mol. The fourth-order valence-corrected chi connectivity index (χ4v) is 1.58. The maximum atomic E-state index is 13.2. The summed E-state index contributed by atoms with van der Waals surface area (Å²) in [7, 11) is 0. The van der Waals surface area contributed by atoms with Crippen LogP contribution in [-0.4, -0.2) is 6.61 Å². The number of ether oxygens (including phenoxy) is 1. The number of hydrogen-bond donors (Lipinski definition) is 0. The molecule has 1 aromatic carbocycles. The first-order valence-electron chi connectivity index (χ1n) is 4.20. The maximum absolute atomic E-state index is 13.2. The summed E-state index contributed by atoms with van der Waals surface area (Å²) < 4.78 is 31.5. The molecule has 0 amide bonds. The largest absolute Gasteiger partial charge is 0.367 e. The van der Waals surface area contributed by atoms with E-state index in [1.54, 1.807) is 25.1 Å². The molecule has 1 aliphatic rings. The van der Waals surface area contributed by atoms with Crippen molar-refractivity contribution in [3.05, 3.63) is 35.4 Å². The molecule has 0 radical (unpaired) electrons. The highest BCUT2D eigenvalue weighted by Gasteiger charge is 2.39. The molecule has 0 spiro atoms. The molecule has 1 aromatic rings.